The molecular formula is C61H104N2. The highest BCUT2D eigenvalue weighted by Gasteiger charge is 2.33. The molecular weight excluding hydrogens is 761 g/mol. The molecule has 2 aromatic heterocycles. The summed E-state index contributed by atoms with van der Waals surface area (Å²) in [5.74, 6) is 7.66. The first-order valence-corrected chi connectivity index (χ1v) is 29.0. The smallest absolute Gasteiger partial charge is 0.0434 e. The van der Waals surface area contributed by atoms with Crippen molar-refractivity contribution in [1.29, 1.82) is 0 Å². The fourth-order valence-corrected chi connectivity index (χ4v) is 13.1. The lowest BCUT2D eigenvalue weighted by atomic mass is 9.68. The van der Waals surface area contributed by atoms with E-state index in [0.717, 1.165) is 47.3 Å². The molecule has 0 amide bonds. The Morgan fingerprint density at radius 2 is 0.635 bits per heavy atom. The van der Waals surface area contributed by atoms with Gasteiger partial charge in [0.05, 0.1) is 0 Å². The number of nitrogens with zero attached hydrogens (tertiary/aromatic N) is 2. The first kappa shape index (κ1) is 52.3. The van der Waals surface area contributed by atoms with Crippen LogP contribution >= 0.6 is 0 Å². The zero-order valence-electron chi connectivity index (χ0n) is 42.6. The van der Waals surface area contributed by atoms with E-state index in [4.69, 9.17) is 9.97 Å². The normalized spacial score (nSPS) is 26.5. The van der Waals surface area contributed by atoms with E-state index in [1.807, 2.05) is 0 Å². The molecule has 4 saturated carbocycles. The number of unbranched alkanes of at least 4 members (excludes halogenated alkanes) is 15. The molecule has 0 aromatic carbocycles. The van der Waals surface area contributed by atoms with E-state index in [2.05, 4.69) is 64.4 Å². The second-order valence-corrected chi connectivity index (χ2v) is 22.3. The van der Waals surface area contributed by atoms with Crippen LogP contribution in [0, 0.1) is 35.5 Å². The predicted molar refractivity (Wildman–Crippen MR) is 276 cm³/mol. The third-order valence-corrected chi connectivity index (χ3v) is 17.5. The molecule has 0 atom stereocenters. The maximum atomic E-state index is 4.91. The number of rotatable bonds is 27. The van der Waals surface area contributed by atoms with Crippen LogP contribution in [-0.4, -0.2) is 9.97 Å². The van der Waals surface area contributed by atoms with E-state index in [-0.39, 0.29) is 0 Å². The average Bonchev–Trinajstić information content (AvgIpc) is 3.34. The molecule has 4 aliphatic carbocycles. The molecule has 2 aromatic rings. The van der Waals surface area contributed by atoms with Crippen LogP contribution in [0.4, 0.5) is 0 Å². The van der Waals surface area contributed by atoms with Crippen molar-refractivity contribution in [3.8, 4) is 0 Å². The van der Waals surface area contributed by atoms with Crippen molar-refractivity contribution in [2.24, 2.45) is 35.5 Å². The molecule has 0 saturated heterocycles. The van der Waals surface area contributed by atoms with E-state index in [1.165, 1.54) is 273 Å². The molecule has 0 N–H and O–H groups in total. The maximum Gasteiger partial charge on any atom is 0.0434 e. The van der Waals surface area contributed by atoms with Gasteiger partial charge in [-0.2, -0.15) is 0 Å². The van der Waals surface area contributed by atoms with E-state index < -0.39 is 0 Å². The minimum Gasteiger partial charge on any atom is -0.261 e. The highest BCUT2D eigenvalue weighted by molar-refractivity contribution is 5.19. The van der Waals surface area contributed by atoms with Crippen molar-refractivity contribution in [2.45, 2.75) is 290 Å². The molecule has 6 rings (SSSR count). The molecule has 0 spiro atoms. The Morgan fingerprint density at radius 3 is 0.952 bits per heavy atom. The van der Waals surface area contributed by atoms with E-state index in [1.54, 1.807) is 0 Å². The summed E-state index contributed by atoms with van der Waals surface area (Å²) in [7, 11) is 0. The van der Waals surface area contributed by atoms with Crippen molar-refractivity contribution in [1.82, 2.24) is 9.97 Å². The van der Waals surface area contributed by atoms with Gasteiger partial charge < -0.3 is 0 Å². The summed E-state index contributed by atoms with van der Waals surface area (Å²) in [6, 6.07) is 9.46. The molecule has 358 valence electrons. The lowest BCUT2D eigenvalue weighted by Crippen LogP contribution is -2.25. The number of aromatic nitrogens is 2. The van der Waals surface area contributed by atoms with Crippen LogP contribution in [0.1, 0.15) is 300 Å². The van der Waals surface area contributed by atoms with Gasteiger partial charge in [-0.1, -0.05) is 188 Å². The van der Waals surface area contributed by atoms with Gasteiger partial charge in [-0.3, -0.25) is 9.97 Å². The van der Waals surface area contributed by atoms with E-state index >= 15 is 0 Å². The molecule has 0 bridgehead atoms. The first-order chi connectivity index (χ1) is 31.1. The Kier molecular flexibility index (Phi) is 26.6. The van der Waals surface area contributed by atoms with Crippen LogP contribution < -0.4 is 0 Å². The van der Waals surface area contributed by atoms with Crippen LogP contribution in [0.25, 0.3) is 0 Å². The van der Waals surface area contributed by atoms with Crippen LogP contribution in [-0.2, 0) is 12.8 Å². The highest BCUT2D eigenvalue weighted by Crippen LogP contribution is 2.46. The van der Waals surface area contributed by atoms with E-state index in [9.17, 15) is 0 Å². The molecule has 4 aliphatic rings. The van der Waals surface area contributed by atoms with Crippen LogP contribution in [0.5, 0.6) is 0 Å². The summed E-state index contributed by atoms with van der Waals surface area (Å²) in [4.78, 5) is 9.82. The monoisotopic (exact) mass is 865 g/mol. The molecule has 0 aliphatic heterocycles. The van der Waals surface area contributed by atoms with Crippen LogP contribution in [0.3, 0.4) is 0 Å². The molecule has 0 radical (unpaired) electrons. The topological polar surface area (TPSA) is 25.8 Å². The Morgan fingerprint density at radius 1 is 0.333 bits per heavy atom. The predicted octanol–water partition coefficient (Wildman–Crippen LogP) is 19.7. The van der Waals surface area contributed by atoms with Gasteiger partial charge in [0, 0.05) is 35.6 Å². The summed E-state index contributed by atoms with van der Waals surface area (Å²) in [6.07, 6.45) is 60.0. The summed E-state index contributed by atoms with van der Waals surface area (Å²) >= 11 is 0. The average molecular weight is 866 g/mol. The minimum absolute atomic E-state index is 0.726. The lowest BCUT2D eigenvalue weighted by Gasteiger charge is -2.38. The summed E-state index contributed by atoms with van der Waals surface area (Å²) < 4.78 is 0. The molecule has 63 heavy (non-hydrogen) atoms. The van der Waals surface area contributed by atoms with Crippen molar-refractivity contribution in [3.63, 3.8) is 0 Å². The second kappa shape index (κ2) is 32.1. The summed E-state index contributed by atoms with van der Waals surface area (Å²) in [5.41, 5.74) is 5.65. The molecule has 2 heteroatoms. The fraction of sp³-hybridized carbons (Fsp3) is 0.836. The zero-order valence-corrected chi connectivity index (χ0v) is 42.6. The second-order valence-electron chi connectivity index (χ2n) is 22.3. The van der Waals surface area contributed by atoms with Gasteiger partial charge in [-0.05, 0) is 162 Å². The van der Waals surface area contributed by atoms with Gasteiger partial charge in [0.15, 0.2) is 0 Å². The van der Waals surface area contributed by atoms with Crippen LogP contribution in [0.15, 0.2) is 36.7 Å². The van der Waals surface area contributed by atoms with Gasteiger partial charge in [0.2, 0.25) is 0 Å². The zero-order chi connectivity index (χ0) is 44.2. The quantitative estimate of drug-likeness (QED) is 0.0836. The largest absolute Gasteiger partial charge is 0.261 e. The molecule has 2 nitrogen and oxygen atoms in total. The molecule has 0 unspecified atom stereocenters. The minimum atomic E-state index is 0.726. The maximum absolute atomic E-state index is 4.91. The van der Waals surface area contributed by atoms with Gasteiger partial charge in [-0.25, -0.2) is 0 Å². The SMILES string of the molecule is CCCCCCCc1ccc(C2CCC(C3CCC(CCCCCC)CC3)CC2)nc1.CCCCCCCc1ccc(C2CCC(C3CCC(CCCCCCC)CC3)CC2)nc1. The Labute approximate surface area is 393 Å². The van der Waals surface area contributed by atoms with Crippen molar-refractivity contribution >= 4 is 0 Å². The lowest BCUT2D eigenvalue weighted by molar-refractivity contribution is 0.155. The number of hydrogen-bond donors (Lipinski definition) is 0. The number of pyridine rings is 2. The third-order valence-electron chi connectivity index (χ3n) is 17.5. The Bertz CT molecular complexity index is 1350. The Hall–Kier alpha value is -1.70. The van der Waals surface area contributed by atoms with Crippen molar-refractivity contribution in [3.05, 3.63) is 59.2 Å². The number of aryl methyl sites for hydroxylation is 2. The standard InChI is InChI=1S/C31H53N.C30H51N/c1-3-5-7-9-11-13-26-15-18-28(19-16-26)29-20-22-30(23-21-29)31-24-17-27(25-32-31)14-12-10-8-6-4-2;1-3-5-7-9-11-13-26-16-23-30(31-24-26)29-21-19-28(20-22-29)27-17-14-25(15-18-27)12-10-8-6-4-2/h17,24-26,28-30H,3-16,18-23H2,1-2H3;16,23-25,27-29H,3-15,17-22H2,1-2H3. The van der Waals surface area contributed by atoms with Crippen molar-refractivity contribution < 1.29 is 0 Å². The Balaban J connectivity index is 0.000000238. The third kappa shape index (κ3) is 20.0. The molecule has 2 heterocycles. The van der Waals surface area contributed by atoms with Gasteiger partial charge in [-0.15, -0.1) is 0 Å². The highest BCUT2D eigenvalue weighted by atomic mass is 14.7. The summed E-state index contributed by atoms with van der Waals surface area (Å²) in [6.45, 7) is 9.22. The van der Waals surface area contributed by atoms with Crippen LogP contribution in [0.2, 0.25) is 0 Å². The fourth-order valence-electron chi connectivity index (χ4n) is 13.1. The summed E-state index contributed by atoms with van der Waals surface area (Å²) in [5, 5.41) is 0. The van der Waals surface area contributed by atoms with Gasteiger partial charge in [0.25, 0.3) is 0 Å². The van der Waals surface area contributed by atoms with Crippen molar-refractivity contribution in [2.75, 3.05) is 0 Å². The first-order valence-electron chi connectivity index (χ1n) is 29.0. The number of hydrogen-bond acceptors (Lipinski definition) is 2. The van der Waals surface area contributed by atoms with E-state index in [0.29, 0.717) is 0 Å². The van der Waals surface area contributed by atoms with Gasteiger partial charge >= 0.3 is 0 Å². The molecule has 4 fully saturated rings. The van der Waals surface area contributed by atoms with Gasteiger partial charge in [0.1, 0.15) is 0 Å².